The van der Waals surface area contributed by atoms with Crippen molar-refractivity contribution in [2.75, 3.05) is 39.8 Å². The third-order valence-electron chi connectivity index (χ3n) is 4.96. The summed E-state index contributed by atoms with van der Waals surface area (Å²) in [5, 5.41) is 12.4. The summed E-state index contributed by atoms with van der Waals surface area (Å²) in [5.74, 6) is 0. The molecule has 2 rings (SSSR count). The number of ether oxygens (including phenoxy) is 1. The molecule has 0 aromatic carbocycles. The van der Waals surface area contributed by atoms with Crippen LogP contribution in [0.5, 0.6) is 0 Å². The molecule has 1 fully saturated rings. The average Bonchev–Trinajstić information content (AvgIpc) is 3.24. The lowest BCUT2D eigenvalue weighted by molar-refractivity contribution is -0.0397. The Balaban J connectivity index is 2.32. The fourth-order valence-electron chi connectivity index (χ4n) is 3.09. The van der Waals surface area contributed by atoms with E-state index in [1.165, 1.54) is 5.01 Å². The molecule has 0 amide bonds. The molecule has 0 saturated carbocycles. The lowest BCUT2D eigenvalue weighted by atomic mass is 10.2. The number of nitrogens with zero attached hydrogens (tertiary/aromatic N) is 6. The molecule has 2 heterocycles. The summed E-state index contributed by atoms with van der Waals surface area (Å²) in [6, 6.07) is 1.58. The van der Waals surface area contributed by atoms with Crippen LogP contribution in [0.1, 0.15) is 52.0 Å². The molecule has 0 bridgehead atoms. The van der Waals surface area contributed by atoms with E-state index in [4.69, 9.17) is 4.74 Å². The average molecular weight is 428 g/mol. The van der Waals surface area contributed by atoms with Crippen LogP contribution >= 0.6 is 0 Å². The van der Waals surface area contributed by atoms with Crippen LogP contribution in [-0.2, 0) is 4.74 Å². The van der Waals surface area contributed by atoms with Crippen molar-refractivity contribution < 1.29 is 13.5 Å². The molecule has 8 nitrogen and oxygen atoms in total. The molecule has 0 radical (unpaired) electrons. The highest BCUT2D eigenvalue weighted by molar-refractivity contribution is 6.37. The highest BCUT2D eigenvalue weighted by Gasteiger charge is 2.23. The summed E-state index contributed by atoms with van der Waals surface area (Å²) in [6.07, 6.45) is 3.58. The molecular formula is C20H35F2N7O. The van der Waals surface area contributed by atoms with Gasteiger partial charge in [0.15, 0.2) is 6.23 Å². The number of alkyl halides is 2. The van der Waals surface area contributed by atoms with Gasteiger partial charge in [-0.3, -0.25) is 15.4 Å². The van der Waals surface area contributed by atoms with Gasteiger partial charge in [0.25, 0.3) is 6.43 Å². The number of aromatic nitrogens is 2. The van der Waals surface area contributed by atoms with Gasteiger partial charge in [-0.15, -0.1) is 0 Å². The molecule has 0 spiro atoms. The summed E-state index contributed by atoms with van der Waals surface area (Å²) >= 11 is 0. The lowest BCUT2D eigenvalue weighted by Crippen LogP contribution is -2.45. The van der Waals surface area contributed by atoms with Crippen LogP contribution in [0.4, 0.5) is 8.78 Å². The highest BCUT2D eigenvalue weighted by Crippen LogP contribution is 2.23. The summed E-state index contributed by atoms with van der Waals surface area (Å²) in [6.45, 7) is 7.89. The molecule has 1 aliphatic rings. The first kappa shape index (κ1) is 24.4. The number of nitrogens with one attached hydrogen (secondary N) is 1. The molecule has 1 N–H and O–H groups in total. The Labute approximate surface area is 177 Å². The van der Waals surface area contributed by atoms with Crippen molar-refractivity contribution in [3.8, 4) is 0 Å². The largest absolute Gasteiger partial charge is 0.356 e. The minimum Gasteiger partial charge on any atom is -0.356 e. The third kappa shape index (κ3) is 7.41. The van der Waals surface area contributed by atoms with Crippen LogP contribution in [0.25, 0.3) is 0 Å². The zero-order chi connectivity index (χ0) is 21.9. The van der Waals surface area contributed by atoms with Gasteiger partial charge < -0.3 is 4.74 Å². The standard InChI is InChI=1S/C20H35F2N7O/c1-5-23-14-17(18-10-11-24-29(18)20-9-7-8-12-30-20)26-28(15-19(21)22)16(3)13-25-27(4)6-2/h10-11,14,16,19-20,25H,5-9,12-13,15H2,1-4H3/b23-14?,26-17+. The Bertz CT molecular complexity index is 674. The van der Waals surface area contributed by atoms with Gasteiger partial charge in [-0.2, -0.15) is 10.2 Å². The zero-order valence-electron chi connectivity index (χ0n) is 18.5. The topological polar surface area (TPSA) is 70.3 Å². The first-order chi connectivity index (χ1) is 14.5. The fraction of sp³-hybridized carbons (Fsp3) is 0.750. The Morgan fingerprint density at radius 2 is 2.23 bits per heavy atom. The minimum absolute atomic E-state index is 0.176. The van der Waals surface area contributed by atoms with Crippen molar-refractivity contribution in [1.82, 2.24) is 25.2 Å². The van der Waals surface area contributed by atoms with E-state index in [0.717, 1.165) is 25.8 Å². The maximum Gasteiger partial charge on any atom is 0.257 e. The summed E-state index contributed by atoms with van der Waals surface area (Å²) in [5.41, 5.74) is 4.42. The van der Waals surface area contributed by atoms with E-state index in [-0.39, 0.29) is 12.3 Å². The van der Waals surface area contributed by atoms with E-state index >= 15 is 0 Å². The minimum atomic E-state index is -2.50. The number of halogens is 2. The molecule has 0 aliphatic carbocycles. The number of aliphatic imine (C=N–C) groups is 1. The van der Waals surface area contributed by atoms with Crippen LogP contribution < -0.4 is 5.43 Å². The second-order valence-corrected chi connectivity index (χ2v) is 7.33. The Hall–Kier alpha value is -1.91. The number of hydrazone groups is 1. The van der Waals surface area contributed by atoms with Crippen molar-refractivity contribution in [2.45, 2.75) is 58.7 Å². The molecular weight excluding hydrogens is 392 g/mol. The van der Waals surface area contributed by atoms with E-state index in [2.05, 4.69) is 20.6 Å². The molecule has 1 aromatic rings. The third-order valence-corrected chi connectivity index (χ3v) is 4.96. The van der Waals surface area contributed by atoms with Gasteiger partial charge in [-0.25, -0.2) is 18.5 Å². The van der Waals surface area contributed by atoms with Crippen LogP contribution in [-0.4, -0.2) is 84.0 Å². The maximum absolute atomic E-state index is 13.3. The Morgan fingerprint density at radius 3 is 2.87 bits per heavy atom. The second kappa shape index (κ2) is 12.7. The summed E-state index contributed by atoms with van der Waals surface area (Å²) in [4.78, 5) is 4.32. The molecule has 30 heavy (non-hydrogen) atoms. The number of rotatable bonds is 12. The van der Waals surface area contributed by atoms with Crippen LogP contribution in [0.2, 0.25) is 0 Å². The molecule has 10 heteroatoms. The first-order valence-corrected chi connectivity index (χ1v) is 10.7. The molecule has 170 valence electrons. The molecule has 2 atom stereocenters. The Kier molecular flexibility index (Phi) is 10.3. The predicted octanol–water partition coefficient (Wildman–Crippen LogP) is 2.79. The van der Waals surface area contributed by atoms with Crippen molar-refractivity contribution >= 4 is 11.9 Å². The second-order valence-electron chi connectivity index (χ2n) is 7.33. The number of hydrogen-bond acceptors (Lipinski definition) is 7. The van der Waals surface area contributed by atoms with Gasteiger partial charge in [-0.1, -0.05) is 6.92 Å². The van der Waals surface area contributed by atoms with Crippen LogP contribution in [0, 0.1) is 0 Å². The summed E-state index contributed by atoms with van der Waals surface area (Å²) in [7, 11) is 1.91. The maximum atomic E-state index is 13.3. The summed E-state index contributed by atoms with van der Waals surface area (Å²) < 4.78 is 34.3. The van der Waals surface area contributed by atoms with Crippen molar-refractivity contribution in [3.05, 3.63) is 18.0 Å². The van der Waals surface area contributed by atoms with E-state index in [0.29, 0.717) is 31.1 Å². The van der Waals surface area contributed by atoms with Gasteiger partial charge in [0.05, 0.1) is 24.5 Å². The number of hydrogen-bond donors (Lipinski definition) is 1. The van der Waals surface area contributed by atoms with Crippen LogP contribution in [0.15, 0.2) is 22.4 Å². The smallest absolute Gasteiger partial charge is 0.257 e. The molecule has 1 aromatic heterocycles. The fourth-order valence-corrected chi connectivity index (χ4v) is 3.09. The van der Waals surface area contributed by atoms with Crippen LogP contribution in [0.3, 0.4) is 0 Å². The van der Waals surface area contributed by atoms with Gasteiger partial charge in [0, 0.05) is 39.5 Å². The first-order valence-electron chi connectivity index (χ1n) is 10.7. The molecule has 1 aliphatic heterocycles. The Morgan fingerprint density at radius 1 is 1.43 bits per heavy atom. The van der Waals surface area contributed by atoms with Crippen molar-refractivity contribution in [3.63, 3.8) is 0 Å². The molecule has 1 saturated heterocycles. The number of hydrazine groups is 1. The van der Waals surface area contributed by atoms with E-state index in [1.54, 1.807) is 17.1 Å². The van der Waals surface area contributed by atoms with Crippen molar-refractivity contribution in [1.29, 1.82) is 0 Å². The van der Waals surface area contributed by atoms with E-state index < -0.39 is 13.0 Å². The highest BCUT2D eigenvalue weighted by atomic mass is 19.3. The normalized spacial score (nSPS) is 19.2. The van der Waals surface area contributed by atoms with Gasteiger partial charge >= 0.3 is 0 Å². The van der Waals surface area contributed by atoms with Gasteiger partial charge in [0.1, 0.15) is 5.71 Å². The van der Waals surface area contributed by atoms with Gasteiger partial charge in [0.2, 0.25) is 0 Å². The van der Waals surface area contributed by atoms with Crippen molar-refractivity contribution in [2.24, 2.45) is 10.1 Å². The zero-order valence-corrected chi connectivity index (χ0v) is 18.5. The van der Waals surface area contributed by atoms with E-state index in [9.17, 15) is 8.78 Å². The predicted molar refractivity (Wildman–Crippen MR) is 115 cm³/mol. The lowest BCUT2D eigenvalue weighted by Gasteiger charge is -2.29. The monoisotopic (exact) mass is 427 g/mol. The SMILES string of the molecule is CCN=C/C(=N\N(CC(F)F)C(C)CNN(C)CC)c1ccnn1C1CCCCO1. The van der Waals surface area contributed by atoms with Gasteiger partial charge in [-0.05, 0) is 39.2 Å². The molecule has 2 unspecified atom stereocenters. The quantitative estimate of drug-likeness (QED) is 0.410. The van der Waals surface area contributed by atoms with E-state index in [1.807, 2.05) is 38.9 Å².